The zero-order valence-electron chi connectivity index (χ0n) is 13.3. The van der Waals surface area contributed by atoms with Crippen LogP contribution in [0, 0.1) is 11.8 Å². The van der Waals surface area contributed by atoms with Gasteiger partial charge in [0.2, 0.25) is 0 Å². The van der Waals surface area contributed by atoms with Crippen LogP contribution in [0.15, 0.2) is 0 Å². The summed E-state index contributed by atoms with van der Waals surface area (Å²) in [4.78, 5) is 14.5. The molecule has 0 aliphatic carbocycles. The third-order valence-corrected chi connectivity index (χ3v) is 3.73. The lowest BCUT2D eigenvalue weighted by Gasteiger charge is -2.40. The van der Waals surface area contributed by atoms with Crippen LogP contribution in [0.25, 0.3) is 0 Å². The smallest absolute Gasteiger partial charge is 0.327 e. The van der Waals surface area contributed by atoms with E-state index in [4.69, 9.17) is 4.74 Å². The van der Waals surface area contributed by atoms with Crippen LogP contribution in [-0.2, 0) is 9.53 Å². The molecule has 112 valence electrons. The quantitative estimate of drug-likeness (QED) is 0.775. The number of esters is 1. The van der Waals surface area contributed by atoms with Crippen molar-refractivity contribution >= 4 is 5.97 Å². The fraction of sp³-hybridized carbons (Fsp3) is 0.933. The van der Waals surface area contributed by atoms with E-state index in [1.165, 1.54) is 13.5 Å². The molecule has 0 bridgehead atoms. The zero-order valence-corrected chi connectivity index (χ0v) is 13.3. The summed E-state index contributed by atoms with van der Waals surface area (Å²) >= 11 is 0. The number of ether oxygens (including phenoxy) is 1. The number of methoxy groups -OCH3 is 1. The molecule has 0 amide bonds. The number of nitrogens with zero attached hydrogens (tertiary/aromatic N) is 1. The van der Waals surface area contributed by atoms with E-state index in [9.17, 15) is 4.79 Å². The fourth-order valence-corrected chi connectivity index (χ4v) is 3.40. The second-order valence-corrected chi connectivity index (χ2v) is 6.76. The van der Waals surface area contributed by atoms with Crippen molar-refractivity contribution < 1.29 is 9.53 Å². The van der Waals surface area contributed by atoms with Crippen LogP contribution in [0.4, 0.5) is 0 Å². The highest BCUT2D eigenvalue weighted by Crippen LogP contribution is 2.23. The summed E-state index contributed by atoms with van der Waals surface area (Å²) < 4.78 is 4.98. The number of likely N-dealkylation sites (tertiary alicyclic amines) is 1. The maximum atomic E-state index is 12.1. The molecule has 3 atom stereocenters. The largest absolute Gasteiger partial charge is 0.468 e. The van der Waals surface area contributed by atoms with Gasteiger partial charge in [-0.25, -0.2) is 0 Å². The normalized spacial score (nSPS) is 28.2. The van der Waals surface area contributed by atoms with E-state index in [1.807, 2.05) is 6.92 Å². The van der Waals surface area contributed by atoms with Crippen molar-refractivity contribution in [3.63, 3.8) is 0 Å². The molecule has 0 spiro atoms. The maximum absolute atomic E-state index is 12.1. The second-order valence-electron chi connectivity index (χ2n) is 6.76. The molecule has 19 heavy (non-hydrogen) atoms. The molecule has 1 rings (SSSR count). The predicted octanol–water partition coefficient (Wildman–Crippen LogP) is 1.89. The highest BCUT2D eigenvalue weighted by atomic mass is 16.5. The van der Waals surface area contributed by atoms with Crippen LogP contribution in [-0.4, -0.2) is 49.2 Å². The van der Waals surface area contributed by atoms with Gasteiger partial charge in [0, 0.05) is 25.7 Å². The highest BCUT2D eigenvalue weighted by Gasteiger charge is 2.38. The minimum absolute atomic E-state index is 0.174. The number of carbonyl (C=O) groups is 1. The van der Waals surface area contributed by atoms with E-state index in [0.717, 1.165) is 13.1 Å². The Hall–Kier alpha value is -0.610. The predicted molar refractivity (Wildman–Crippen MR) is 78.1 cm³/mol. The summed E-state index contributed by atoms with van der Waals surface area (Å²) in [6.07, 6.45) is 1.28. The summed E-state index contributed by atoms with van der Waals surface area (Å²) in [5.41, 5.74) is -0.625. The molecular weight excluding hydrogens is 240 g/mol. The standard InChI is InChI=1S/C15H30N2O2/c1-11(2)16-15(5,14(18)19-6)10-17-8-12(3)7-13(4)9-17/h11-13,16H,7-10H2,1-6H3. The SMILES string of the molecule is COC(=O)C(C)(CN1CC(C)CC(C)C1)NC(C)C. The Kier molecular flexibility index (Phi) is 5.81. The first-order valence-electron chi connectivity index (χ1n) is 7.35. The van der Waals surface area contributed by atoms with Gasteiger partial charge in [-0.05, 0) is 39.0 Å². The molecular formula is C15H30N2O2. The molecule has 1 saturated heterocycles. The van der Waals surface area contributed by atoms with E-state index < -0.39 is 5.54 Å². The monoisotopic (exact) mass is 270 g/mol. The summed E-state index contributed by atoms with van der Waals surface area (Å²) in [6, 6.07) is 0.253. The molecule has 1 aliphatic heterocycles. The fourth-order valence-electron chi connectivity index (χ4n) is 3.40. The minimum atomic E-state index is -0.625. The molecule has 0 aromatic carbocycles. The molecule has 4 heteroatoms. The number of hydrogen-bond acceptors (Lipinski definition) is 4. The van der Waals surface area contributed by atoms with Crippen LogP contribution in [0.3, 0.4) is 0 Å². The minimum Gasteiger partial charge on any atom is -0.468 e. The average molecular weight is 270 g/mol. The van der Waals surface area contributed by atoms with Crippen molar-refractivity contribution in [2.24, 2.45) is 11.8 Å². The van der Waals surface area contributed by atoms with Crippen LogP contribution >= 0.6 is 0 Å². The Morgan fingerprint density at radius 1 is 1.37 bits per heavy atom. The van der Waals surface area contributed by atoms with Gasteiger partial charge in [0.25, 0.3) is 0 Å². The Labute approximate surface area is 117 Å². The Morgan fingerprint density at radius 3 is 2.32 bits per heavy atom. The summed E-state index contributed by atoms with van der Waals surface area (Å²) in [5.74, 6) is 1.22. The highest BCUT2D eigenvalue weighted by molar-refractivity contribution is 5.80. The lowest BCUT2D eigenvalue weighted by atomic mass is 9.90. The number of nitrogens with one attached hydrogen (secondary N) is 1. The van der Waals surface area contributed by atoms with E-state index >= 15 is 0 Å². The van der Waals surface area contributed by atoms with Crippen molar-refractivity contribution in [1.82, 2.24) is 10.2 Å². The topological polar surface area (TPSA) is 41.6 Å². The third-order valence-electron chi connectivity index (χ3n) is 3.73. The molecule has 4 nitrogen and oxygen atoms in total. The summed E-state index contributed by atoms with van der Waals surface area (Å²) in [5, 5.41) is 3.37. The molecule has 1 aliphatic rings. The average Bonchev–Trinajstić information content (AvgIpc) is 2.24. The number of rotatable bonds is 5. The van der Waals surface area contributed by atoms with Crippen LogP contribution in [0.1, 0.15) is 41.0 Å². The van der Waals surface area contributed by atoms with Crippen molar-refractivity contribution in [2.45, 2.75) is 52.6 Å². The van der Waals surface area contributed by atoms with Crippen LogP contribution in [0.5, 0.6) is 0 Å². The first-order chi connectivity index (χ1) is 8.76. The molecule has 1 heterocycles. The maximum Gasteiger partial charge on any atom is 0.327 e. The number of carbonyl (C=O) groups excluding carboxylic acids is 1. The van der Waals surface area contributed by atoms with Gasteiger partial charge in [0.15, 0.2) is 0 Å². The van der Waals surface area contributed by atoms with Gasteiger partial charge in [-0.2, -0.15) is 0 Å². The molecule has 0 radical (unpaired) electrons. The van der Waals surface area contributed by atoms with Gasteiger partial charge in [-0.15, -0.1) is 0 Å². The zero-order chi connectivity index (χ0) is 14.6. The van der Waals surface area contributed by atoms with E-state index in [2.05, 4.69) is 37.9 Å². The lowest BCUT2D eigenvalue weighted by Crippen LogP contribution is -2.60. The molecule has 0 saturated carbocycles. The molecule has 0 aromatic heterocycles. The van der Waals surface area contributed by atoms with E-state index in [-0.39, 0.29) is 12.0 Å². The van der Waals surface area contributed by atoms with Crippen molar-refractivity contribution in [3.8, 4) is 0 Å². The van der Waals surface area contributed by atoms with Crippen molar-refractivity contribution in [3.05, 3.63) is 0 Å². The Morgan fingerprint density at radius 2 is 1.89 bits per heavy atom. The van der Waals surface area contributed by atoms with Gasteiger partial charge >= 0.3 is 5.97 Å². The van der Waals surface area contributed by atoms with Crippen LogP contribution in [0.2, 0.25) is 0 Å². The van der Waals surface area contributed by atoms with Crippen molar-refractivity contribution in [1.29, 1.82) is 0 Å². The molecule has 0 aromatic rings. The lowest BCUT2D eigenvalue weighted by molar-refractivity contribution is -0.149. The van der Waals surface area contributed by atoms with Gasteiger partial charge in [-0.3, -0.25) is 10.1 Å². The second kappa shape index (κ2) is 6.71. The molecule has 3 unspecified atom stereocenters. The first kappa shape index (κ1) is 16.4. The Balaban J connectivity index is 2.74. The van der Waals surface area contributed by atoms with Gasteiger partial charge in [0.1, 0.15) is 5.54 Å². The van der Waals surface area contributed by atoms with Gasteiger partial charge in [-0.1, -0.05) is 13.8 Å². The van der Waals surface area contributed by atoms with Gasteiger partial charge in [0.05, 0.1) is 7.11 Å². The molecule has 1 N–H and O–H groups in total. The van der Waals surface area contributed by atoms with E-state index in [1.54, 1.807) is 0 Å². The van der Waals surface area contributed by atoms with Gasteiger partial charge < -0.3 is 9.64 Å². The third kappa shape index (κ3) is 4.77. The van der Waals surface area contributed by atoms with Crippen molar-refractivity contribution in [2.75, 3.05) is 26.7 Å². The summed E-state index contributed by atoms with van der Waals surface area (Å²) in [7, 11) is 1.46. The van der Waals surface area contributed by atoms with Crippen LogP contribution < -0.4 is 5.32 Å². The first-order valence-corrected chi connectivity index (χ1v) is 7.35. The molecule has 1 fully saturated rings. The number of piperidine rings is 1. The number of hydrogen-bond donors (Lipinski definition) is 1. The van der Waals surface area contributed by atoms with E-state index in [0.29, 0.717) is 18.4 Å². The Bertz CT molecular complexity index is 297. The summed E-state index contributed by atoms with van der Waals surface area (Å²) in [6.45, 7) is 13.5.